The Hall–Kier alpha value is -3.21. The summed E-state index contributed by atoms with van der Waals surface area (Å²) in [7, 11) is 0. The van der Waals surface area contributed by atoms with E-state index in [1.54, 1.807) is 6.92 Å². The van der Waals surface area contributed by atoms with E-state index >= 15 is 0 Å². The van der Waals surface area contributed by atoms with Crippen LogP contribution in [0.15, 0.2) is 35.3 Å². The van der Waals surface area contributed by atoms with Crippen LogP contribution in [-0.2, 0) is 0 Å². The fourth-order valence-electron chi connectivity index (χ4n) is 4.38. The number of aromatic nitrogens is 2. The molecular weight excluding hydrogens is 437 g/mol. The molecule has 0 unspecified atom stereocenters. The van der Waals surface area contributed by atoms with Crippen LogP contribution in [0.5, 0.6) is 5.75 Å². The maximum Gasteiger partial charge on any atom is 0.419 e. The van der Waals surface area contributed by atoms with Crippen molar-refractivity contribution in [3.63, 3.8) is 0 Å². The highest BCUT2D eigenvalue weighted by molar-refractivity contribution is 5.91. The Morgan fingerprint density at radius 2 is 2.00 bits per heavy atom. The van der Waals surface area contributed by atoms with Crippen molar-refractivity contribution < 1.29 is 32.2 Å². The van der Waals surface area contributed by atoms with Gasteiger partial charge in [-0.1, -0.05) is 6.92 Å². The lowest BCUT2D eigenvalue weighted by molar-refractivity contribution is -0.272. The number of nitrogens with one attached hydrogen (secondary N) is 2. The van der Waals surface area contributed by atoms with Crippen molar-refractivity contribution in [1.29, 1.82) is 0 Å². The molecule has 2 aromatic carbocycles. The first-order valence-corrected chi connectivity index (χ1v) is 9.71. The number of H-pyrrole nitrogens is 1. The summed E-state index contributed by atoms with van der Waals surface area (Å²) in [5.41, 5.74) is -4.75. The van der Waals surface area contributed by atoms with Gasteiger partial charge >= 0.3 is 11.9 Å². The molecular formula is C21H18F5N3O3. The van der Waals surface area contributed by atoms with E-state index < -0.39 is 53.2 Å². The second-order valence-electron chi connectivity index (χ2n) is 7.81. The van der Waals surface area contributed by atoms with Gasteiger partial charge in [0.2, 0.25) is 0 Å². The Morgan fingerprint density at radius 1 is 1.28 bits per heavy atom. The number of nitrogens with zero attached hydrogens (tertiary/aromatic N) is 1. The molecule has 170 valence electrons. The van der Waals surface area contributed by atoms with E-state index in [-0.39, 0.29) is 34.1 Å². The molecule has 0 bridgehead atoms. The van der Waals surface area contributed by atoms with E-state index in [9.17, 15) is 37.0 Å². The first kappa shape index (κ1) is 22.0. The summed E-state index contributed by atoms with van der Waals surface area (Å²) in [6, 6.07) is 1.74. The average molecular weight is 455 g/mol. The topological polar surface area (TPSA) is 98.2 Å². The average Bonchev–Trinajstić information content (AvgIpc) is 2.70. The van der Waals surface area contributed by atoms with Crippen molar-refractivity contribution in [2.45, 2.75) is 43.5 Å². The van der Waals surface area contributed by atoms with Crippen LogP contribution in [0.4, 0.5) is 27.6 Å². The summed E-state index contributed by atoms with van der Waals surface area (Å²) in [4.78, 5) is 17.1. The maximum absolute atomic E-state index is 14.2. The third-order valence-electron chi connectivity index (χ3n) is 5.93. The zero-order valence-corrected chi connectivity index (χ0v) is 16.6. The van der Waals surface area contributed by atoms with E-state index in [2.05, 4.69) is 15.3 Å². The summed E-state index contributed by atoms with van der Waals surface area (Å²) in [6.07, 6.45) is -4.78. The van der Waals surface area contributed by atoms with Crippen LogP contribution in [0, 0.1) is 11.6 Å². The highest BCUT2D eigenvalue weighted by atomic mass is 19.4. The normalized spacial score (nSPS) is 23.2. The van der Waals surface area contributed by atoms with Crippen LogP contribution in [0.25, 0.3) is 10.9 Å². The summed E-state index contributed by atoms with van der Waals surface area (Å²) in [5.74, 6) is -3.23. The molecule has 1 aliphatic rings. The number of aliphatic hydroxyl groups is 1. The van der Waals surface area contributed by atoms with Crippen molar-refractivity contribution >= 4 is 16.6 Å². The predicted octanol–water partition coefficient (Wildman–Crippen LogP) is 4.25. The molecule has 0 saturated heterocycles. The van der Waals surface area contributed by atoms with Crippen molar-refractivity contribution in [3.8, 4) is 5.75 Å². The fraction of sp³-hybridized carbons (Fsp3) is 0.333. The van der Waals surface area contributed by atoms with Crippen molar-refractivity contribution in [3.05, 3.63) is 63.7 Å². The van der Waals surface area contributed by atoms with Crippen LogP contribution in [-0.4, -0.2) is 32.0 Å². The first-order chi connectivity index (χ1) is 15.0. The zero-order valence-electron chi connectivity index (χ0n) is 16.6. The molecule has 6 nitrogen and oxygen atoms in total. The minimum Gasteiger partial charge on any atom is -0.508 e. The molecule has 0 amide bonds. The van der Waals surface area contributed by atoms with Gasteiger partial charge in [0, 0.05) is 28.9 Å². The zero-order chi connectivity index (χ0) is 23.4. The van der Waals surface area contributed by atoms with Gasteiger partial charge in [0.05, 0.1) is 11.6 Å². The van der Waals surface area contributed by atoms with Gasteiger partial charge in [-0.05, 0) is 42.5 Å². The minimum atomic E-state index is -5.12. The highest BCUT2D eigenvalue weighted by Gasteiger charge is 2.62. The third-order valence-corrected chi connectivity index (χ3v) is 5.93. The molecule has 1 aliphatic carbocycles. The van der Waals surface area contributed by atoms with Crippen molar-refractivity contribution in [1.82, 2.24) is 9.97 Å². The Bertz CT molecular complexity index is 1260. The predicted molar refractivity (Wildman–Crippen MR) is 105 cm³/mol. The number of hydrogen-bond donors (Lipinski definition) is 4. The number of benzene rings is 2. The number of aromatic amines is 1. The summed E-state index contributed by atoms with van der Waals surface area (Å²) < 4.78 is 70.8. The van der Waals surface area contributed by atoms with E-state index in [1.165, 1.54) is 0 Å². The summed E-state index contributed by atoms with van der Waals surface area (Å²) in [5, 5.41) is 23.7. The number of anilines is 1. The van der Waals surface area contributed by atoms with E-state index in [1.807, 2.05) is 0 Å². The lowest BCUT2D eigenvalue weighted by atomic mass is 9.69. The van der Waals surface area contributed by atoms with Crippen LogP contribution in [0.3, 0.4) is 0 Å². The first-order valence-electron chi connectivity index (χ1n) is 9.71. The monoisotopic (exact) mass is 455 g/mol. The number of phenols is 1. The number of phenolic OH excluding ortho intramolecular Hbond substituents is 1. The number of rotatable bonds is 3. The molecule has 0 radical (unpaired) electrons. The molecule has 3 atom stereocenters. The number of alkyl halides is 3. The van der Waals surface area contributed by atoms with Gasteiger partial charge in [-0.3, -0.25) is 0 Å². The van der Waals surface area contributed by atoms with Gasteiger partial charge < -0.3 is 20.5 Å². The van der Waals surface area contributed by atoms with E-state index in [4.69, 9.17) is 0 Å². The van der Waals surface area contributed by atoms with E-state index in [0.29, 0.717) is 0 Å². The molecule has 11 heteroatoms. The summed E-state index contributed by atoms with van der Waals surface area (Å²) in [6.45, 7) is 1.59. The van der Waals surface area contributed by atoms with Crippen LogP contribution >= 0.6 is 0 Å². The van der Waals surface area contributed by atoms with E-state index in [0.717, 1.165) is 30.5 Å². The second kappa shape index (κ2) is 7.44. The molecule has 0 aliphatic heterocycles. The molecule has 4 N–H and O–H groups in total. The molecule has 32 heavy (non-hydrogen) atoms. The number of aromatic hydroxyl groups is 1. The quantitative estimate of drug-likeness (QED) is 0.443. The second-order valence-corrected chi connectivity index (χ2v) is 7.81. The molecule has 0 fully saturated rings. The standard InChI is InChI=1S/C21H18F5N3O3/c1-2-9-7-20(32,21(24,25)26)18(11-5-10(22)6-15(30)16(9)11)28-14-4-3-13(23)17-12(14)8-27-19(31)29-17/h3-6,8-9,18,28,30,32H,2,7H2,1H3,(H,27,29,31)/t9-,18+,20-/m1/s1. The molecule has 0 spiro atoms. The highest BCUT2D eigenvalue weighted by Crippen LogP contribution is 2.55. The van der Waals surface area contributed by atoms with Gasteiger partial charge in [-0.2, -0.15) is 13.2 Å². The molecule has 0 saturated carbocycles. The van der Waals surface area contributed by atoms with Gasteiger partial charge in [-0.25, -0.2) is 18.6 Å². The van der Waals surface area contributed by atoms with Gasteiger partial charge in [-0.15, -0.1) is 0 Å². The number of hydrogen-bond acceptors (Lipinski definition) is 5. The minimum absolute atomic E-state index is 0.0473. The van der Waals surface area contributed by atoms with Crippen LogP contribution in [0.1, 0.15) is 42.9 Å². The SMILES string of the molecule is CC[C@@H]1C[C@](O)(C(F)(F)F)[C@@H](Nc2ccc(F)c3[nH]c(=O)ncc23)c2cc(F)cc(O)c21. The Kier molecular flexibility index (Phi) is 5.11. The third kappa shape index (κ3) is 3.36. The molecule has 3 aromatic rings. The van der Waals surface area contributed by atoms with Crippen LogP contribution in [0.2, 0.25) is 0 Å². The maximum atomic E-state index is 14.2. The largest absolute Gasteiger partial charge is 0.508 e. The smallest absolute Gasteiger partial charge is 0.419 e. The Balaban J connectivity index is 1.96. The van der Waals surface area contributed by atoms with Crippen molar-refractivity contribution in [2.24, 2.45) is 0 Å². The fourth-order valence-corrected chi connectivity index (χ4v) is 4.38. The van der Waals surface area contributed by atoms with Gasteiger partial charge in [0.15, 0.2) is 5.60 Å². The van der Waals surface area contributed by atoms with Gasteiger partial charge in [0.25, 0.3) is 0 Å². The Morgan fingerprint density at radius 3 is 2.66 bits per heavy atom. The van der Waals surface area contributed by atoms with Gasteiger partial charge in [0.1, 0.15) is 17.4 Å². The molecule has 1 aromatic heterocycles. The summed E-state index contributed by atoms with van der Waals surface area (Å²) >= 11 is 0. The molecule has 4 rings (SSSR count). The Labute approximate surface area is 177 Å². The van der Waals surface area contributed by atoms with Crippen molar-refractivity contribution in [2.75, 3.05) is 5.32 Å². The number of fused-ring (bicyclic) bond motifs is 2. The lowest BCUT2D eigenvalue weighted by Crippen LogP contribution is -2.55. The number of halogens is 5. The molecule has 1 heterocycles. The van der Waals surface area contributed by atoms with Crippen LogP contribution < -0.4 is 11.0 Å². The lowest BCUT2D eigenvalue weighted by Gasteiger charge is -2.45.